The second kappa shape index (κ2) is 6.29. The van der Waals surface area contributed by atoms with Crippen molar-refractivity contribution in [1.29, 1.82) is 0 Å². The molecule has 88 valence electrons. The topological polar surface area (TPSA) is 18.5 Å². The van der Waals surface area contributed by atoms with E-state index in [9.17, 15) is 0 Å². The van der Waals surface area contributed by atoms with Gasteiger partial charge in [-0.05, 0) is 25.3 Å². The lowest BCUT2D eigenvalue weighted by atomic mass is 9.92. The molecule has 0 aliphatic carbocycles. The van der Waals surface area contributed by atoms with E-state index in [1.807, 2.05) is 0 Å². The van der Waals surface area contributed by atoms with E-state index in [-0.39, 0.29) is 0 Å². The molecular weight excluding hydrogens is 188 g/mol. The Labute approximate surface area is 93.7 Å². The molecule has 0 aromatic rings. The molecule has 1 heterocycles. The van der Waals surface area contributed by atoms with Crippen molar-refractivity contribution in [1.82, 2.24) is 0 Å². The van der Waals surface area contributed by atoms with Crippen molar-refractivity contribution in [2.24, 2.45) is 5.92 Å². The smallest absolute Gasteiger partial charge is 0.190 e. The van der Waals surface area contributed by atoms with Gasteiger partial charge in [0.2, 0.25) is 0 Å². The summed E-state index contributed by atoms with van der Waals surface area (Å²) < 4.78 is 11.4. The second-order valence-corrected chi connectivity index (χ2v) is 4.36. The van der Waals surface area contributed by atoms with Gasteiger partial charge >= 0.3 is 0 Å². The number of ether oxygens (including phenoxy) is 2. The Morgan fingerprint density at radius 1 is 1.53 bits per heavy atom. The lowest BCUT2D eigenvalue weighted by Crippen LogP contribution is -2.43. The second-order valence-electron chi connectivity index (χ2n) is 4.36. The predicted octanol–water partition coefficient (Wildman–Crippen LogP) is 3.52. The molecule has 0 amide bonds. The minimum Gasteiger partial charge on any atom is -0.349 e. The molecule has 1 aliphatic heterocycles. The Balaban J connectivity index is 2.54. The molecule has 1 fully saturated rings. The van der Waals surface area contributed by atoms with E-state index in [1.54, 1.807) is 7.11 Å². The third-order valence-electron chi connectivity index (χ3n) is 3.19. The highest BCUT2D eigenvalue weighted by Crippen LogP contribution is 2.33. The summed E-state index contributed by atoms with van der Waals surface area (Å²) in [6.07, 6.45) is 10.3. The van der Waals surface area contributed by atoms with Gasteiger partial charge in [0, 0.05) is 13.0 Å². The molecule has 2 nitrogen and oxygen atoms in total. The molecule has 0 N–H and O–H groups in total. The quantitative estimate of drug-likeness (QED) is 0.513. The van der Waals surface area contributed by atoms with Gasteiger partial charge in [-0.3, -0.25) is 0 Å². The summed E-state index contributed by atoms with van der Waals surface area (Å²) in [5.74, 6) is 0.000505. The Morgan fingerprint density at radius 3 is 2.93 bits per heavy atom. The monoisotopic (exact) mass is 212 g/mol. The van der Waals surface area contributed by atoms with Gasteiger partial charge in [0.05, 0.1) is 6.61 Å². The molecule has 2 unspecified atom stereocenters. The molecule has 0 radical (unpaired) electrons. The van der Waals surface area contributed by atoms with Crippen molar-refractivity contribution >= 4 is 0 Å². The first-order valence-corrected chi connectivity index (χ1v) is 6.12. The number of unbranched alkanes of at least 4 members (excludes halogenated alkanes) is 2. The van der Waals surface area contributed by atoms with Gasteiger partial charge < -0.3 is 9.47 Å². The van der Waals surface area contributed by atoms with Crippen molar-refractivity contribution in [3.63, 3.8) is 0 Å². The van der Waals surface area contributed by atoms with E-state index in [0.717, 1.165) is 19.4 Å². The summed E-state index contributed by atoms with van der Waals surface area (Å²) in [5.41, 5.74) is 0. The number of allylic oxidation sites excluding steroid dienone is 1. The Kier molecular flexibility index (Phi) is 5.34. The first-order valence-electron chi connectivity index (χ1n) is 6.12. The van der Waals surface area contributed by atoms with Gasteiger partial charge in [0.1, 0.15) is 0 Å². The number of rotatable bonds is 5. The highest BCUT2D eigenvalue weighted by molar-refractivity contribution is 5.00. The number of methoxy groups -OCH3 is 1. The molecule has 15 heavy (non-hydrogen) atoms. The van der Waals surface area contributed by atoms with E-state index in [4.69, 9.17) is 9.47 Å². The summed E-state index contributed by atoms with van der Waals surface area (Å²) in [6.45, 7) is 5.22. The van der Waals surface area contributed by atoms with E-state index in [0.29, 0.717) is 5.92 Å². The normalized spacial score (nSPS) is 32.3. The van der Waals surface area contributed by atoms with E-state index in [2.05, 4.69) is 26.0 Å². The highest BCUT2D eigenvalue weighted by atomic mass is 16.7. The van der Waals surface area contributed by atoms with Gasteiger partial charge in [-0.1, -0.05) is 32.8 Å². The third-order valence-corrected chi connectivity index (χ3v) is 3.19. The molecule has 1 aliphatic rings. The summed E-state index contributed by atoms with van der Waals surface area (Å²) in [7, 11) is 1.74. The van der Waals surface area contributed by atoms with Crippen LogP contribution in [0.4, 0.5) is 0 Å². The summed E-state index contributed by atoms with van der Waals surface area (Å²) in [5, 5.41) is 0. The van der Waals surface area contributed by atoms with Crippen molar-refractivity contribution in [2.45, 2.75) is 51.7 Å². The molecule has 0 aromatic heterocycles. The van der Waals surface area contributed by atoms with Crippen LogP contribution in [0, 0.1) is 5.92 Å². The van der Waals surface area contributed by atoms with Crippen LogP contribution in [0.2, 0.25) is 0 Å². The lowest BCUT2D eigenvalue weighted by Gasteiger charge is -2.38. The molecule has 0 aromatic carbocycles. The van der Waals surface area contributed by atoms with Crippen LogP contribution in [0.15, 0.2) is 12.2 Å². The molecule has 0 bridgehead atoms. The number of hydrogen-bond donors (Lipinski definition) is 0. The van der Waals surface area contributed by atoms with Crippen molar-refractivity contribution in [3.05, 3.63) is 12.2 Å². The van der Waals surface area contributed by atoms with Crippen molar-refractivity contribution in [3.8, 4) is 0 Å². The van der Waals surface area contributed by atoms with Crippen molar-refractivity contribution < 1.29 is 9.47 Å². The maximum atomic E-state index is 5.80. The summed E-state index contributed by atoms with van der Waals surface area (Å²) >= 11 is 0. The third kappa shape index (κ3) is 3.32. The maximum absolute atomic E-state index is 5.80. The molecule has 0 spiro atoms. The maximum Gasteiger partial charge on any atom is 0.190 e. The lowest BCUT2D eigenvalue weighted by molar-refractivity contribution is -0.236. The average Bonchev–Trinajstić information content (AvgIpc) is 2.27. The molecule has 1 rings (SSSR count). The zero-order valence-electron chi connectivity index (χ0n) is 10.3. The van der Waals surface area contributed by atoms with Gasteiger partial charge in [-0.2, -0.15) is 0 Å². The average molecular weight is 212 g/mol. The SMILES string of the molecule is CCCCC=CC1(OC)OCCCC1C. The molecule has 2 atom stereocenters. The minimum absolute atomic E-state index is 0.452. The van der Waals surface area contributed by atoms with Crippen LogP contribution in [0.5, 0.6) is 0 Å². The first-order chi connectivity index (χ1) is 7.25. The van der Waals surface area contributed by atoms with Crippen LogP contribution >= 0.6 is 0 Å². The largest absolute Gasteiger partial charge is 0.349 e. The Morgan fingerprint density at radius 2 is 2.33 bits per heavy atom. The fraction of sp³-hybridized carbons (Fsp3) is 0.846. The number of hydrogen-bond acceptors (Lipinski definition) is 2. The van der Waals surface area contributed by atoms with E-state index >= 15 is 0 Å². The zero-order valence-corrected chi connectivity index (χ0v) is 10.3. The minimum atomic E-state index is -0.452. The Hall–Kier alpha value is -0.340. The predicted molar refractivity (Wildman–Crippen MR) is 62.8 cm³/mol. The zero-order chi connectivity index (χ0) is 11.1. The van der Waals surface area contributed by atoms with Crippen LogP contribution in [-0.2, 0) is 9.47 Å². The van der Waals surface area contributed by atoms with Crippen LogP contribution in [0.25, 0.3) is 0 Å². The summed E-state index contributed by atoms with van der Waals surface area (Å²) in [4.78, 5) is 0. The molecule has 0 saturated carbocycles. The van der Waals surface area contributed by atoms with E-state index < -0.39 is 5.79 Å². The van der Waals surface area contributed by atoms with Crippen LogP contribution in [0.1, 0.15) is 46.0 Å². The molecule has 1 saturated heterocycles. The van der Waals surface area contributed by atoms with Gasteiger partial charge in [-0.15, -0.1) is 0 Å². The Bertz CT molecular complexity index is 201. The van der Waals surface area contributed by atoms with Gasteiger partial charge in [-0.25, -0.2) is 0 Å². The standard InChI is InChI=1S/C13H24O2/c1-4-5-6-7-10-13(14-3)12(2)9-8-11-15-13/h7,10,12H,4-6,8-9,11H2,1-3H3. The fourth-order valence-electron chi connectivity index (χ4n) is 2.07. The highest BCUT2D eigenvalue weighted by Gasteiger charge is 2.37. The van der Waals surface area contributed by atoms with Crippen LogP contribution < -0.4 is 0 Å². The summed E-state index contributed by atoms with van der Waals surface area (Å²) in [6, 6.07) is 0. The van der Waals surface area contributed by atoms with Crippen LogP contribution in [0.3, 0.4) is 0 Å². The molecular formula is C13H24O2. The molecule has 2 heteroatoms. The van der Waals surface area contributed by atoms with E-state index in [1.165, 1.54) is 19.3 Å². The van der Waals surface area contributed by atoms with Gasteiger partial charge in [0.15, 0.2) is 5.79 Å². The van der Waals surface area contributed by atoms with Crippen LogP contribution in [-0.4, -0.2) is 19.5 Å². The van der Waals surface area contributed by atoms with Crippen molar-refractivity contribution in [2.75, 3.05) is 13.7 Å². The first kappa shape index (κ1) is 12.7. The van der Waals surface area contributed by atoms with Gasteiger partial charge in [0.25, 0.3) is 0 Å². The fourth-order valence-corrected chi connectivity index (χ4v) is 2.07.